The SMILES string of the molecule is O=C(OCc1coc(-c2cccs2)n1)c1ccc(F)cc1Cl. The fourth-order valence-electron chi connectivity index (χ4n) is 1.76. The Morgan fingerprint density at radius 3 is 3.00 bits per heavy atom. The Morgan fingerprint density at radius 2 is 2.27 bits per heavy atom. The summed E-state index contributed by atoms with van der Waals surface area (Å²) >= 11 is 7.30. The van der Waals surface area contributed by atoms with E-state index in [1.165, 1.54) is 23.7 Å². The number of benzene rings is 1. The van der Waals surface area contributed by atoms with E-state index < -0.39 is 11.8 Å². The molecule has 0 radical (unpaired) electrons. The van der Waals surface area contributed by atoms with Gasteiger partial charge in [-0.3, -0.25) is 0 Å². The third kappa shape index (κ3) is 3.18. The summed E-state index contributed by atoms with van der Waals surface area (Å²) in [6, 6.07) is 7.25. The van der Waals surface area contributed by atoms with Crippen molar-refractivity contribution in [2.24, 2.45) is 0 Å². The van der Waals surface area contributed by atoms with Crippen LogP contribution in [0.4, 0.5) is 4.39 Å². The van der Waals surface area contributed by atoms with Crippen LogP contribution in [0.25, 0.3) is 10.8 Å². The highest BCUT2D eigenvalue weighted by Crippen LogP contribution is 2.24. The molecule has 1 aromatic carbocycles. The van der Waals surface area contributed by atoms with Crippen molar-refractivity contribution in [3.63, 3.8) is 0 Å². The summed E-state index contributed by atoms with van der Waals surface area (Å²) in [6.45, 7) is -0.0542. The number of carbonyl (C=O) groups is 1. The van der Waals surface area contributed by atoms with Crippen LogP contribution in [0, 0.1) is 5.82 Å². The van der Waals surface area contributed by atoms with Crippen molar-refractivity contribution in [1.29, 1.82) is 0 Å². The predicted molar refractivity (Wildman–Crippen MR) is 80.3 cm³/mol. The number of carbonyl (C=O) groups excluding carboxylic acids is 1. The number of rotatable bonds is 4. The molecule has 0 aliphatic heterocycles. The lowest BCUT2D eigenvalue weighted by molar-refractivity contribution is 0.0468. The van der Waals surface area contributed by atoms with Gasteiger partial charge in [-0.2, -0.15) is 0 Å². The highest BCUT2D eigenvalue weighted by Gasteiger charge is 2.14. The summed E-state index contributed by atoms with van der Waals surface area (Å²) in [5.41, 5.74) is 0.583. The summed E-state index contributed by atoms with van der Waals surface area (Å²) < 4.78 is 23.4. The van der Waals surface area contributed by atoms with E-state index in [9.17, 15) is 9.18 Å². The van der Waals surface area contributed by atoms with Crippen LogP contribution in [0.5, 0.6) is 0 Å². The molecule has 0 fully saturated rings. The van der Waals surface area contributed by atoms with Gasteiger partial charge in [0.1, 0.15) is 24.4 Å². The van der Waals surface area contributed by atoms with Crippen LogP contribution in [0.2, 0.25) is 5.02 Å². The van der Waals surface area contributed by atoms with E-state index >= 15 is 0 Å². The smallest absolute Gasteiger partial charge is 0.340 e. The lowest BCUT2D eigenvalue weighted by Gasteiger charge is -2.04. The molecular weight excluding hydrogens is 329 g/mol. The molecular formula is C15H9ClFNO3S. The van der Waals surface area contributed by atoms with Crippen LogP contribution >= 0.6 is 22.9 Å². The second kappa shape index (κ2) is 6.29. The average Bonchev–Trinajstić information content (AvgIpc) is 3.16. The summed E-state index contributed by atoms with van der Waals surface area (Å²) in [5, 5.41) is 1.92. The highest BCUT2D eigenvalue weighted by molar-refractivity contribution is 7.13. The Bertz CT molecular complexity index is 801. The van der Waals surface area contributed by atoms with Crippen LogP contribution in [0.3, 0.4) is 0 Å². The highest BCUT2D eigenvalue weighted by atomic mass is 35.5. The van der Waals surface area contributed by atoms with E-state index in [0.29, 0.717) is 11.6 Å². The first-order valence-electron chi connectivity index (χ1n) is 6.24. The van der Waals surface area contributed by atoms with E-state index in [0.717, 1.165) is 17.0 Å². The maximum Gasteiger partial charge on any atom is 0.340 e. The fraction of sp³-hybridized carbons (Fsp3) is 0.0667. The quantitative estimate of drug-likeness (QED) is 0.655. The van der Waals surface area contributed by atoms with Crippen molar-refractivity contribution in [2.75, 3.05) is 0 Å². The molecule has 2 aromatic heterocycles. The predicted octanol–water partition coefficient (Wildman–Crippen LogP) is 4.55. The number of ether oxygens (including phenoxy) is 1. The fourth-order valence-corrected chi connectivity index (χ4v) is 2.66. The van der Waals surface area contributed by atoms with E-state index in [1.54, 1.807) is 0 Å². The minimum atomic E-state index is -0.648. The van der Waals surface area contributed by atoms with E-state index in [2.05, 4.69) is 4.98 Å². The van der Waals surface area contributed by atoms with Crippen LogP contribution in [-0.2, 0) is 11.3 Å². The third-order valence-electron chi connectivity index (χ3n) is 2.79. The standard InChI is InChI=1S/C15H9ClFNO3S/c16-12-6-9(17)3-4-11(12)15(19)21-8-10-7-20-14(18-10)13-2-1-5-22-13/h1-7H,8H2. The normalized spacial score (nSPS) is 10.6. The van der Waals surface area contributed by atoms with Crippen molar-refractivity contribution in [3.05, 3.63) is 64.1 Å². The maximum atomic E-state index is 12.9. The third-order valence-corrected chi connectivity index (χ3v) is 3.96. The number of hydrogen-bond acceptors (Lipinski definition) is 5. The molecule has 0 amide bonds. The molecule has 4 nitrogen and oxygen atoms in total. The van der Waals surface area contributed by atoms with Gasteiger partial charge < -0.3 is 9.15 Å². The summed E-state index contributed by atoms with van der Waals surface area (Å²) in [6.07, 6.45) is 1.43. The van der Waals surface area contributed by atoms with Gasteiger partial charge in [-0.1, -0.05) is 17.7 Å². The molecule has 0 unspecified atom stereocenters. The number of thiophene rings is 1. The molecule has 22 heavy (non-hydrogen) atoms. The van der Waals surface area contributed by atoms with Crippen LogP contribution in [0.15, 0.2) is 46.4 Å². The lowest BCUT2D eigenvalue weighted by Crippen LogP contribution is -2.06. The number of hydrogen-bond donors (Lipinski definition) is 0. The Labute approximate surface area is 134 Å². The van der Waals surface area contributed by atoms with Crippen LogP contribution in [-0.4, -0.2) is 11.0 Å². The molecule has 0 spiro atoms. The minimum Gasteiger partial charge on any atom is -0.455 e. The van der Waals surface area contributed by atoms with Gasteiger partial charge in [0.05, 0.1) is 15.5 Å². The zero-order valence-corrected chi connectivity index (χ0v) is 12.7. The molecule has 0 aliphatic rings. The zero-order chi connectivity index (χ0) is 15.5. The molecule has 112 valence electrons. The molecule has 3 aromatic rings. The van der Waals surface area contributed by atoms with Crippen molar-refractivity contribution < 1.29 is 18.3 Å². The van der Waals surface area contributed by atoms with Crippen LogP contribution in [0.1, 0.15) is 16.1 Å². The van der Waals surface area contributed by atoms with Gasteiger partial charge in [0, 0.05) is 0 Å². The first kappa shape index (κ1) is 14.7. The van der Waals surface area contributed by atoms with Gasteiger partial charge in [-0.05, 0) is 29.6 Å². The van der Waals surface area contributed by atoms with Gasteiger partial charge >= 0.3 is 5.97 Å². The maximum absolute atomic E-state index is 12.9. The largest absolute Gasteiger partial charge is 0.455 e. The van der Waals surface area contributed by atoms with Crippen molar-refractivity contribution >= 4 is 28.9 Å². The summed E-state index contributed by atoms with van der Waals surface area (Å²) in [7, 11) is 0. The molecule has 0 saturated heterocycles. The minimum absolute atomic E-state index is 0.00410. The van der Waals surface area contributed by atoms with Gasteiger partial charge in [-0.25, -0.2) is 14.2 Å². The molecule has 0 bridgehead atoms. The molecule has 0 atom stereocenters. The lowest BCUT2D eigenvalue weighted by atomic mass is 10.2. The van der Waals surface area contributed by atoms with E-state index in [4.69, 9.17) is 20.8 Å². The van der Waals surface area contributed by atoms with Crippen LogP contribution < -0.4 is 0 Å². The van der Waals surface area contributed by atoms with Gasteiger partial charge in [0.25, 0.3) is 0 Å². The van der Waals surface area contributed by atoms with Gasteiger partial charge in [0.15, 0.2) is 0 Å². The van der Waals surface area contributed by atoms with Crippen molar-refractivity contribution in [3.8, 4) is 10.8 Å². The zero-order valence-electron chi connectivity index (χ0n) is 11.1. The Morgan fingerprint density at radius 1 is 1.41 bits per heavy atom. The summed E-state index contributed by atoms with van der Waals surface area (Å²) in [4.78, 5) is 17.0. The summed E-state index contributed by atoms with van der Waals surface area (Å²) in [5.74, 6) is -0.690. The number of esters is 1. The second-order valence-corrected chi connectivity index (χ2v) is 5.68. The number of nitrogens with zero attached hydrogens (tertiary/aromatic N) is 1. The molecule has 3 rings (SSSR count). The number of halogens is 2. The molecule has 0 aliphatic carbocycles. The topological polar surface area (TPSA) is 52.3 Å². The average molecular weight is 338 g/mol. The Hall–Kier alpha value is -2.18. The van der Waals surface area contributed by atoms with Crippen molar-refractivity contribution in [2.45, 2.75) is 6.61 Å². The Kier molecular flexibility index (Phi) is 4.22. The molecule has 0 N–H and O–H groups in total. The first-order valence-corrected chi connectivity index (χ1v) is 7.49. The van der Waals surface area contributed by atoms with Gasteiger partial charge in [-0.15, -0.1) is 11.3 Å². The van der Waals surface area contributed by atoms with E-state index in [1.807, 2.05) is 17.5 Å². The second-order valence-electron chi connectivity index (χ2n) is 4.32. The monoisotopic (exact) mass is 337 g/mol. The van der Waals surface area contributed by atoms with E-state index in [-0.39, 0.29) is 17.2 Å². The molecule has 2 heterocycles. The number of aromatic nitrogens is 1. The Balaban J connectivity index is 1.66. The van der Waals surface area contributed by atoms with Gasteiger partial charge in [0.2, 0.25) is 5.89 Å². The molecule has 7 heteroatoms. The number of oxazole rings is 1. The first-order chi connectivity index (χ1) is 10.6. The van der Waals surface area contributed by atoms with Crippen molar-refractivity contribution in [1.82, 2.24) is 4.98 Å². The molecule has 0 saturated carbocycles.